The fourth-order valence-corrected chi connectivity index (χ4v) is 3.40. The molecule has 1 amide bonds. The number of rotatable bonds is 7. The standard InChI is InChI=1S/C18H18N4O3S/c1-21(18(23)16-9-10-17(26-16)22(24)25)11-5-8-14-12-15(20-19-14)13-6-3-2-4-7-13/h2-4,6-7,9-10,12H,5,8,11H2,1H3,(H,19,20). The number of benzene rings is 1. The number of amides is 1. The first-order valence-corrected chi connectivity index (χ1v) is 8.95. The lowest BCUT2D eigenvalue weighted by molar-refractivity contribution is -0.380. The average molecular weight is 370 g/mol. The monoisotopic (exact) mass is 370 g/mol. The van der Waals surface area contributed by atoms with Gasteiger partial charge in [-0.1, -0.05) is 41.7 Å². The zero-order valence-electron chi connectivity index (χ0n) is 14.2. The van der Waals surface area contributed by atoms with Crippen LogP contribution in [0.2, 0.25) is 0 Å². The highest BCUT2D eigenvalue weighted by atomic mass is 32.1. The van der Waals surface area contributed by atoms with Crippen LogP contribution in [-0.4, -0.2) is 39.5 Å². The Hall–Kier alpha value is -3.00. The summed E-state index contributed by atoms with van der Waals surface area (Å²) in [6.07, 6.45) is 1.54. The minimum Gasteiger partial charge on any atom is -0.341 e. The van der Waals surface area contributed by atoms with Crippen molar-refractivity contribution in [3.8, 4) is 11.3 Å². The van der Waals surface area contributed by atoms with E-state index in [4.69, 9.17) is 0 Å². The molecule has 0 aliphatic heterocycles. The van der Waals surface area contributed by atoms with Gasteiger partial charge in [-0.25, -0.2) is 0 Å². The maximum absolute atomic E-state index is 12.3. The number of nitro groups is 1. The molecule has 8 heteroatoms. The Bertz CT molecular complexity index is 904. The van der Waals surface area contributed by atoms with Crippen LogP contribution >= 0.6 is 11.3 Å². The highest BCUT2D eigenvalue weighted by molar-refractivity contribution is 7.17. The number of carbonyl (C=O) groups excluding carboxylic acids is 1. The lowest BCUT2D eigenvalue weighted by Gasteiger charge is -2.15. The first kappa shape index (κ1) is 17.8. The number of thiophene rings is 1. The molecule has 0 fully saturated rings. The molecule has 1 N–H and O–H groups in total. The van der Waals surface area contributed by atoms with Crippen molar-refractivity contribution in [3.05, 3.63) is 69.2 Å². The summed E-state index contributed by atoms with van der Waals surface area (Å²) in [4.78, 5) is 24.5. The minimum atomic E-state index is -0.482. The highest BCUT2D eigenvalue weighted by Crippen LogP contribution is 2.25. The first-order valence-electron chi connectivity index (χ1n) is 8.14. The fourth-order valence-electron chi connectivity index (χ4n) is 2.58. The van der Waals surface area contributed by atoms with Crippen LogP contribution in [0.15, 0.2) is 48.5 Å². The SMILES string of the molecule is CN(CCCc1cc(-c2ccccc2)n[nH]1)C(=O)c1ccc([N+](=O)[O-])s1. The number of hydrogen-bond acceptors (Lipinski definition) is 5. The van der Waals surface area contributed by atoms with Crippen LogP contribution in [-0.2, 0) is 6.42 Å². The van der Waals surface area contributed by atoms with E-state index < -0.39 is 4.92 Å². The van der Waals surface area contributed by atoms with Crippen molar-refractivity contribution < 1.29 is 9.72 Å². The third-order valence-corrected chi connectivity index (χ3v) is 4.99. The molecule has 1 aromatic carbocycles. The van der Waals surface area contributed by atoms with Gasteiger partial charge in [-0.15, -0.1) is 0 Å². The van der Waals surface area contributed by atoms with Crippen molar-refractivity contribution in [3.63, 3.8) is 0 Å². The first-order chi connectivity index (χ1) is 12.5. The molecule has 0 saturated heterocycles. The molecular weight excluding hydrogens is 352 g/mol. The van der Waals surface area contributed by atoms with Crippen molar-refractivity contribution in [1.29, 1.82) is 0 Å². The van der Waals surface area contributed by atoms with E-state index in [2.05, 4.69) is 10.2 Å². The summed E-state index contributed by atoms with van der Waals surface area (Å²) in [5.41, 5.74) is 2.97. The Kier molecular flexibility index (Phi) is 5.43. The van der Waals surface area contributed by atoms with Gasteiger partial charge in [0.1, 0.15) is 0 Å². The maximum Gasteiger partial charge on any atom is 0.324 e. The van der Waals surface area contributed by atoms with Gasteiger partial charge in [-0.3, -0.25) is 20.0 Å². The number of nitrogens with zero attached hydrogens (tertiary/aromatic N) is 3. The number of H-pyrrole nitrogens is 1. The van der Waals surface area contributed by atoms with Gasteiger partial charge in [0.2, 0.25) is 0 Å². The van der Waals surface area contributed by atoms with Crippen LogP contribution in [0.3, 0.4) is 0 Å². The minimum absolute atomic E-state index is 0.0207. The number of aromatic nitrogens is 2. The van der Waals surface area contributed by atoms with Gasteiger partial charge in [0, 0.05) is 30.9 Å². The van der Waals surface area contributed by atoms with Crippen molar-refractivity contribution in [2.24, 2.45) is 0 Å². The van der Waals surface area contributed by atoms with Crippen molar-refractivity contribution in [2.75, 3.05) is 13.6 Å². The van der Waals surface area contributed by atoms with Crippen LogP contribution < -0.4 is 0 Å². The van der Waals surface area contributed by atoms with Gasteiger partial charge in [0.05, 0.1) is 15.5 Å². The molecular formula is C18H18N4O3S. The normalized spacial score (nSPS) is 10.7. The second kappa shape index (κ2) is 7.92. The summed E-state index contributed by atoms with van der Waals surface area (Å²) >= 11 is 0.902. The predicted molar refractivity (Wildman–Crippen MR) is 100 cm³/mol. The Morgan fingerprint density at radius 1 is 1.27 bits per heavy atom. The van der Waals surface area contributed by atoms with Gasteiger partial charge in [-0.2, -0.15) is 5.10 Å². The third-order valence-electron chi connectivity index (χ3n) is 3.97. The number of nitrogens with one attached hydrogen (secondary N) is 1. The third kappa shape index (κ3) is 4.15. The Balaban J connectivity index is 1.52. The van der Waals surface area contributed by atoms with E-state index in [1.165, 1.54) is 12.1 Å². The van der Waals surface area contributed by atoms with E-state index in [0.717, 1.165) is 41.1 Å². The lowest BCUT2D eigenvalue weighted by Crippen LogP contribution is -2.27. The van der Waals surface area contributed by atoms with Gasteiger partial charge < -0.3 is 4.90 Å². The number of aryl methyl sites for hydroxylation is 1. The Labute approximate surface area is 154 Å². The van der Waals surface area contributed by atoms with Crippen LogP contribution in [0, 0.1) is 10.1 Å². The van der Waals surface area contributed by atoms with Crippen molar-refractivity contribution in [1.82, 2.24) is 15.1 Å². The van der Waals surface area contributed by atoms with E-state index in [1.807, 2.05) is 36.4 Å². The average Bonchev–Trinajstić information content (AvgIpc) is 3.31. The van der Waals surface area contributed by atoms with Crippen molar-refractivity contribution in [2.45, 2.75) is 12.8 Å². The maximum atomic E-state index is 12.3. The Morgan fingerprint density at radius 3 is 2.73 bits per heavy atom. The van der Waals surface area contributed by atoms with E-state index in [9.17, 15) is 14.9 Å². The number of hydrogen-bond donors (Lipinski definition) is 1. The molecule has 0 unspecified atom stereocenters. The lowest BCUT2D eigenvalue weighted by atomic mass is 10.1. The largest absolute Gasteiger partial charge is 0.341 e. The van der Waals surface area contributed by atoms with Crippen LogP contribution in [0.4, 0.5) is 5.00 Å². The van der Waals surface area contributed by atoms with Crippen LogP contribution in [0.1, 0.15) is 21.8 Å². The van der Waals surface area contributed by atoms with E-state index in [-0.39, 0.29) is 10.9 Å². The molecule has 3 aromatic rings. The zero-order valence-corrected chi connectivity index (χ0v) is 15.0. The smallest absolute Gasteiger partial charge is 0.324 e. The number of carbonyl (C=O) groups is 1. The van der Waals surface area contributed by atoms with Crippen molar-refractivity contribution >= 4 is 22.2 Å². The molecule has 0 spiro atoms. The number of aromatic amines is 1. The van der Waals surface area contributed by atoms with E-state index in [1.54, 1.807) is 11.9 Å². The molecule has 3 rings (SSSR count). The van der Waals surface area contributed by atoms with Gasteiger partial charge in [0.25, 0.3) is 5.91 Å². The molecule has 0 radical (unpaired) electrons. The quantitative estimate of drug-likeness (QED) is 0.506. The van der Waals surface area contributed by atoms with Gasteiger partial charge in [-0.05, 0) is 25.0 Å². The molecule has 7 nitrogen and oxygen atoms in total. The summed E-state index contributed by atoms with van der Waals surface area (Å²) in [5.74, 6) is -0.197. The summed E-state index contributed by atoms with van der Waals surface area (Å²) in [7, 11) is 1.70. The van der Waals surface area contributed by atoms with E-state index >= 15 is 0 Å². The molecule has 134 valence electrons. The second-order valence-corrected chi connectivity index (χ2v) is 6.93. The second-order valence-electron chi connectivity index (χ2n) is 5.87. The molecule has 0 saturated carbocycles. The van der Waals surface area contributed by atoms with Crippen LogP contribution in [0.5, 0.6) is 0 Å². The molecule has 0 bridgehead atoms. The predicted octanol–water partition coefficient (Wildman–Crippen LogP) is 3.75. The fraction of sp³-hybridized carbons (Fsp3) is 0.222. The summed E-state index contributed by atoms with van der Waals surface area (Å²) in [5, 5.41) is 18.0. The molecule has 26 heavy (non-hydrogen) atoms. The molecule has 0 atom stereocenters. The van der Waals surface area contributed by atoms with E-state index in [0.29, 0.717) is 11.4 Å². The topological polar surface area (TPSA) is 92.1 Å². The Morgan fingerprint density at radius 2 is 2.04 bits per heavy atom. The highest BCUT2D eigenvalue weighted by Gasteiger charge is 2.18. The molecule has 2 aromatic heterocycles. The van der Waals surface area contributed by atoms with Crippen LogP contribution in [0.25, 0.3) is 11.3 Å². The summed E-state index contributed by atoms with van der Waals surface area (Å²) in [6.45, 7) is 0.560. The molecule has 2 heterocycles. The summed E-state index contributed by atoms with van der Waals surface area (Å²) in [6, 6.07) is 14.8. The van der Waals surface area contributed by atoms with Gasteiger partial charge in [0.15, 0.2) is 0 Å². The zero-order chi connectivity index (χ0) is 18.5. The van der Waals surface area contributed by atoms with Gasteiger partial charge >= 0.3 is 5.00 Å². The molecule has 0 aliphatic rings. The molecule has 0 aliphatic carbocycles. The summed E-state index contributed by atoms with van der Waals surface area (Å²) < 4.78 is 0.